The molecular formula is C9H20N4S. The van der Waals surface area contributed by atoms with E-state index < -0.39 is 0 Å². The Hall–Kier alpha value is -0.420. The van der Waals surface area contributed by atoms with Crippen molar-refractivity contribution < 1.29 is 0 Å². The number of guanidine groups is 1. The molecule has 14 heavy (non-hydrogen) atoms. The lowest BCUT2D eigenvalue weighted by molar-refractivity contribution is 0.667. The summed E-state index contributed by atoms with van der Waals surface area (Å²) in [5.74, 6) is 7.85. The van der Waals surface area contributed by atoms with E-state index in [1.54, 1.807) is 0 Å². The molecule has 0 aromatic rings. The van der Waals surface area contributed by atoms with E-state index in [4.69, 9.17) is 5.84 Å². The van der Waals surface area contributed by atoms with Crippen LogP contribution >= 0.6 is 11.8 Å². The van der Waals surface area contributed by atoms with Crippen LogP contribution in [0.3, 0.4) is 0 Å². The normalized spacial score (nSPS) is 19.2. The molecule has 0 aromatic heterocycles. The van der Waals surface area contributed by atoms with Crippen molar-refractivity contribution in [2.75, 3.05) is 18.6 Å². The molecule has 0 aromatic carbocycles. The van der Waals surface area contributed by atoms with Crippen molar-refractivity contribution in [1.29, 1.82) is 0 Å². The standard InChI is InChI=1S/C9H20N4S/c1-7(6-14-2)5-11-9(13-10)12-8-3-4-8/h7-8H,3-6,10H2,1-2H3,(H2,11,12,13). The van der Waals surface area contributed by atoms with E-state index in [9.17, 15) is 0 Å². The first-order chi connectivity index (χ1) is 6.76. The van der Waals surface area contributed by atoms with E-state index in [0.717, 1.165) is 18.3 Å². The molecule has 1 aliphatic carbocycles. The van der Waals surface area contributed by atoms with Crippen LogP contribution in [-0.2, 0) is 0 Å². The molecule has 1 rings (SSSR count). The number of hydrogen-bond acceptors (Lipinski definition) is 3. The van der Waals surface area contributed by atoms with Gasteiger partial charge in [0, 0.05) is 12.6 Å². The van der Waals surface area contributed by atoms with Crippen LogP contribution in [0.5, 0.6) is 0 Å². The molecule has 0 spiro atoms. The van der Waals surface area contributed by atoms with Crippen LogP contribution in [0.25, 0.3) is 0 Å². The van der Waals surface area contributed by atoms with Crippen LogP contribution in [0, 0.1) is 5.92 Å². The Bertz CT molecular complexity index is 191. The molecule has 0 amide bonds. The molecule has 0 aliphatic heterocycles. The minimum absolute atomic E-state index is 0.598. The third-order valence-electron chi connectivity index (χ3n) is 2.07. The zero-order chi connectivity index (χ0) is 10.4. The number of rotatable bonds is 5. The maximum Gasteiger partial charge on any atom is 0.205 e. The van der Waals surface area contributed by atoms with Crippen LogP contribution < -0.4 is 16.6 Å². The predicted molar refractivity (Wildman–Crippen MR) is 63.3 cm³/mol. The SMILES string of the molecule is CSCC(C)CN=C(NN)NC1CC1. The highest BCUT2D eigenvalue weighted by molar-refractivity contribution is 7.98. The first-order valence-corrected chi connectivity index (χ1v) is 6.42. The van der Waals surface area contributed by atoms with Gasteiger partial charge in [0.15, 0.2) is 0 Å². The summed E-state index contributed by atoms with van der Waals surface area (Å²) in [6.45, 7) is 3.03. The molecule has 0 radical (unpaired) electrons. The number of hydrazine groups is 1. The van der Waals surface area contributed by atoms with Crippen molar-refractivity contribution in [1.82, 2.24) is 10.7 Å². The molecule has 0 bridgehead atoms. The van der Waals surface area contributed by atoms with Crippen LogP contribution in [0.15, 0.2) is 4.99 Å². The van der Waals surface area contributed by atoms with Gasteiger partial charge >= 0.3 is 0 Å². The Morgan fingerprint density at radius 1 is 1.64 bits per heavy atom. The molecule has 0 heterocycles. The zero-order valence-corrected chi connectivity index (χ0v) is 9.73. The fraction of sp³-hybridized carbons (Fsp3) is 0.889. The number of hydrogen-bond donors (Lipinski definition) is 3. The average molecular weight is 216 g/mol. The molecule has 4 N–H and O–H groups in total. The quantitative estimate of drug-likeness (QED) is 0.272. The Kier molecular flexibility index (Phi) is 5.11. The fourth-order valence-electron chi connectivity index (χ4n) is 1.14. The van der Waals surface area contributed by atoms with Crippen LogP contribution in [0.2, 0.25) is 0 Å². The van der Waals surface area contributed by atoms with Gasteiger partial charge in [-0.2, -0.15) is 11.8 Å². The minimum atomic E-state index is 0.598. The van der Waals surface area contributed by atoms with Gasteiger partial charge in [-0.3, -0.25) is 10.4 Å². The highest BCUT2D eigenvalue weighted by Gasteiger charge is 2.21. The van der Waals surface area contributed by atoms with Crippen LogP contribution in [0.4, 0.5) is 0 Å². The zero-order valence-electron chi connectivity index (χ0n) is 8.92. The maximum atomic E-state index is 5.36. The summed E-state index contributed by atoms with van der Waals surface area (Å²) in [4.78, 5) is 4.40. The number of nitrogens with one attached hydrogen (secondary N) is 2. The summed E-state index contributed by atoms with van der Waals surface area (Å²) >= 11 is 1.85. The molecule has 1 aliphatic rings. The summed E-state index contributed by atoms with van der Waals surface area (Å²) in [7, 11) is 0. The lowest BCUT2D eigenvalue weighted by Crippen LogP contribution is -2.42. The second-order valence-electron chi connectivity index (χ2n) is 3.81. The number of thioether (sulfide) groups is 1. The highest BCUT2D eigenvalue weighted by Crippen LogP contribution is 2.18. The average Bonchev–Trinajstić information content (AvgIpc) is 2.96. The first-order valence-electron chi connectivity index (χ1n) is 5.02. The van der Waals surface area contributed by atoms with Crippen molar-refractivity contribution in [2.45, 2.75) is 25.8 Å². The Labute approximate surface area is 90.1 Å². The molecule has 1 fully saturated rings. The van der Waals surface area contributed by atoms with Gasteiger partial charge in [0.25, 0.3) is 0 Å². The third kappa shape index (κ3) is 4.72. The van der Waals surface area contributed by atoms with Gasteiger partial charge in [0.05, 0.1) is 0 Å². The summed E-state index contributed by atoms with van der Waals surface area (Å²) in [6, 6.07) is 0.598. The first kappa shape index (κ1) is 11.7. The molecular weight excluding hydrogens is 196 g/mol. The second kappa shape index (κ2) is 6.14. The van der Waals surface area contributed by atoms with Crippen molar-refractivity contribution in [3.8, 4) is 0 Å². The van der Waals surface area contributed by atoms with Gasteiger partial charge in [0.2, 0.25) is 5.96 Å². The van der Waals surface area contributed by atoms with Gasteiger partial charge in [-0.05, 0) is 30.8 Å². The Morgan fingerprint density at radius 3 is 2.86 bits per heavy atom. The molecule has 1 unspecified atom stereocenters. The van der Waals surface area contributed by atoms with Crippen molar-refractivity contribution in [2.24, 2.45) is 16.8 Å². The molecule has 0 saturated heterocycles. The van der Waals surface area contributed by atoms with E-state index >= 15 is 0 Å². The highest BCUT2D eigenvalue weighted by atomic mass is 32.2. The lowest BCUT2D eigenvalue weighted by atomic mass is 10.2. The fourth-order valence-corrected chi connectivity index (χ4v) is 1.81. The van der Waals surface area contributed by atoms with Gasteiger partial charge in [-0.1, -0.05) is 6.92 Å². The van der Waals surface area contributed by atoms with Gasteiger partial charge in [0.1, 0.15) is 0 Å². The van der Waals surface area contributed by atoms with E-state index in [-0.39, 0.29) is 0 Å². The molecule has 1 atom stereocenters. The summed E-state index contributed by atoms with van der Waals surface area (Å²) in [5.41, 5.74) is 2.60. The van der Waals surface area contributed by atoms with Gasteiger partial charge in [-0.15, -0.1) is 0 Å². The molecule has 82 valence electrons. The van der Waals surface area contributed by atoms with E-state index in [2.05, 4.69) is 28.9 Å². The van der Waals surface area contributed by atoms with E-state index in [1.165, 1.54) is 12.8 Å². The van der Waals surface area contributed by atoms with Gasteiger partial charge < -0.3 is 5.32 Å². The predicted octanol–water partition coefficient (Wildman–Crippen LogP) is 0.557. The second-order valence-corrected chi connectivity index (χ2v) is 4.72. The topological polar surface area (TPSA) is 62.4 Å². The van der Waals surface area contributed by atoms with Crippen molar-refractivity contribution in [3.63, 3.8) is 0 Å². The smallest absolute Gasteiger partial charge is 0.205 e. The summed E-state index contributed by atoms with van der Waals surface area (Å²) in [6.07, 6.45) is 4.59. The summed E-state index contributed by atoms with van der Waals surface area (Å²) in [5, 5.41) is 3.25. The largest absolute Gasteiger partial charge is 0.353 e. The monoisotopic (exact) mass is 216 g/mol. The minimum Gasteiger partial charge on any atom is -0.353 e. The maximum absolute atomic E-state index is 5.36. The Balaban J connectivity index is 2.23. The number of aliphatic imine (C=N–C) groups is 1. The number of nitrogens with zero attached hydrogens (tertiary/aromatic N) is 1. The lowest BCUT2D eigenvalue weighted by Gasteiger charge is -2.10. The molecule has 4 nitrogen and oxygen atoms in total. The van der Waals surface area contributed by atoms with Crippen LogP contribution in [0.1, 0.15) is 19.8 Å². The van der Waals surface area contributed by atoms with E-state index in [0.29, 0.717) is 12.0 Å². The van der Waals surface area contributed by atoms with Crippen molar-refractivity contribution in [3.05, 3.63) is 0 Å². The molecule has 1 saturated carbocycles. The van der Waals surface area contributed by atoms with E-state index in [1.807, 2.05) is 11.8 Å². The summed E-state index contributed by atoms with van der Waals surface area (Å²) < 4.78 is 0. The van der Waals surface area contributed by atoms with Crippen LogP contribution in [-0.4, -0.2) is 30.6 Å². The third-order valence-corrected chi connectivity index (χ3v) is 2.97. The Morgan fingerprint density at radius 2 is 2.36 bits per heavy atom. The number of nitrogens with two attached hydrogens (primary N) is 1. The van der Waals surface area contributed by atoms with Gasteiger partial charge in [-0.25, -0.2) is 5.84 Å². The molecule has 5 heteroatoms. The van der Waals surface area contributed by atoms with Crippen molar-refractivity contribution >= 4 is 17.7 Å².